The van der Waals surface area contributed by atoms with Crippen LogP contribution in [0.3, 0.4) is 0 Å². The molecule has 0 amide bonds. The normalized spacial score (nSPS) is 12.4. The number of nitrogens with two attached hydrogens (primary N) is 1. The van der Waals surface area contributed by atoms with Gasteiger partial charge in [-0.15, -0.1) is 0 Å². The molecule has 0 unspecified atom stereocenters. The first-order chi connectivity index (χ1) is 4.48. The quantitative estimate of drug-likeness (QED) is 0.596. The number of nitrogens with zero attached hydrogens (tertiary/aromatic N) is 1. The van der Waals surface area contributed by atoms with E-state index in [9.17, 15) is 8.42 Å². The van der Waals surface area contributed by atoms with Gasteiger partial charge in [-0.25, -0.2) is 12.7 Å². The molecule has 0 aromatic rings. The van der Waals surface area contributed by atoms with Gasteiger partial charge in [0.15, 0.2) is 0 Å². The summed E-state index contributed by atoms with van der Waals surface area (Å²) in [6, 6.07) is 0. The standard InChI is InChI=1S/C5H14N2O2S/c1-7(5-3-4-6)10(2,8)9/h3-6H2,1-2H3. The van der Waals surface area contributed by atoms with Crippen molar-refractivity contribution in [2.45, 2.75) is 6.42 Å². The first kappa shape index (κ1) is 9.87. The third kappa shape index (κ3) is 3.81. The molecule has 0 rings (SSSR count). The third-order valence-electron chi connectivity index (χ3n) is 1.24. The average molecular weight is 166 g/mol. The van der Waals surface area contributed by atoms with E-state index in [4.69, 9.17) is 5.73 Å². The van der Waals surface area contributed by atoms with Gasteiger partial charge in [0.25, 0.3) is 0 Å². The maximum atomic E-state index is 10.7. The highest BCUT2D eigenvalue weighted by molar-refractivity contribution is 7.88. The summed E-state index contributed by atoms with van der Waals surface area (Å²) in [5.74, 6) is 0. The average Bonchev–Trinajstić information content (AvgIpc) is 1.80. The van der Waals surface area contributed by atoms with E-state index in [1.54, 1.807) is 7.05 Å². The van der Waals surface area contributed by atoms with Crippen molar-refractivity contribution >= 4 is 10.0 Å². The fourth-order valence-corrected chi connectivity index (χ4v) is 0.941. The molecule has 0 bridgehead atoms. The van der Waals surface area contributed by atoms with Gasteiger partial charge in [0.05, 0.1) is 6.26 Å². The van der Waals surface area contributed by atoms with Gasteiger partial charge in [-0.05, 0) is 13.0 Å². The van der Waals surface area contributed by atoms with Crippen LogP contribution >= 0.6 is 0 Å². The Morgan fingerprint density at radius 1 is 1.50 bits per heavy atom. The van der Waals surface area contributed by atoms with Crippen LogP contribution in [0.2, 0.25) is 0 Å². The summed E-state index contributed by atoms with van der Waals surface area (Å²) < 4.78 is 22.7. The second-order valence-electron chi connectivity index (χ2n) is 2.23. The van der Waals surface area contributed by atoms with Gasteiger partial charge in [0, 0.05) is 13.6 Å². The molecule has 4 nitrogen and oxygen atoms in total. The van der Waals surface area contributed by atoms with Crippen molar-refractivity contribution in [3.05, 3.63) is 0 Å². The second-order valence-corrected chi connectivity index (χ2v) is 4.32. The van der Waals surface area contributed by atoms with Crippen molar-refractivity contribution in [1.82, 2.24) is 4.31 Å². The minimum atomic E-state index is -3.00. The molecule has 0 aromatic heterocycles. The van der Waals surface area contributed by atoms with Crippen LogP contribution in [0, 0.1) is 0 Å². The van der Waals surface area contributed by atoms with Crippen molar-refractivity contribution < 1.29 is 8.42 Å². The van der Waals surface area contributed by atoms with Crippen LogP contribution in [0.15, 0.2) is 0 Å². The Labute approximate surface area is 62.1 Å². The van der Waals surface area contributed by atoms with Crippen LogP contribution in [-0.2, 0) is 10.0 Å². The van der Waals surface area contributed by atoms with Gasteiger partial charge >= 0.3 is 0 Å². The molecule has 2 N–H and O–H groups in total. The summed E-state index contributed by atoms with van der Waals surface area (Å²) in [5.41, 5.74) is 5.20. The van der Waals surface area contributed by atoms with Crippen LogP contribution in [0.5, 0.6) is 0 Å². The van der Waals surface area contributed by atoms with Crippen molar-refractivity contribution in [2.24, 2.45) is 5.73 Å². The first-order valence-corrected chi connectivity index (χ1v) is 4.94. The van der Waals surface area contributed by atoms with Crippen molar-refractivity contribution in [3.63, 3.8) is 0 Å². The van der Waals surface area contributed by atoms with E-state index < -0.39 is 10.0 Å². The molecule has 0 saturated carbocycles. The lowest BCUT2D eigenvalue weighted by Crippen LogP contribution is -2.27. The summed E-state index contributed by atoms with van der Waals surface area (Å²) in [6.07, 6.45) is 1.90. The molecular weight excluding hydrogens is 152 g/mol. The van der Waals surface area contributed by atoms with E-state index >= 15 is 0 Å². The lowest BCUT2D eigenvalue weighted by Gasteiger charge is -2.12. The predicted molar refractivity (Wildman–Crippen MR) is 41.1 cm³/mol. The SMILES string of the molecule is CN(CCCN)S(C)(=O)=O. The molecule has 0 aliphatic rings. The second kappa shape index (κ2) is 3.90. The molecule has 0 atom stereocenters. The minimum absolute atomic E-state index is 0.509. The number of hydrogen-bond acceptors (Lipinski definition) is 3. The van der Waals surface area contributed by atoms with Crippen LogP contribution < -0.4 is 5.73 Å². The summed E-state index contributed by atoms with van der Waals surface area (Å²) in [7, 11) is -1.45. The Bertz CT molecular complexity index is 176. The third-order valence-corrected chi connectivity index (χ3v) is 2.56. The van der Waals surface area contributed by atoms with Gasteiger partial charge in [-0.3, -0.25) is 0 Å². The number of sulfonamides is 1. The van der Waals surface area contributed by atoms with Crippen LogP contribution in [0.4, 0.5) is 0 Å². The molecule has 0 fully saturated rings. The number of rotatable bonds is 4. The van der Waals surface area contributed by atoms with Crippen LogP contribution in [0.1, 0.15) is 6.42 Å². The molecule has 0 spiro atoms. The summed E-state index contributed by atoms with van der Waals surface area (Å²) in [4.78, 5) is 0. The van der Waals surface area contributed by atoms with E-state index in [0.29, 0.717) is 19.5 Å². The summed E-state index contributed by atoms with van der Waals surface area (Å²) in [5, 5.41) is 0. The van der Waals surface area contributed by atoms with Crippen LogP contribution in [-0.4, -0.2) is 39.1 Å². The molecule has 0 aliphatic carbocycles. The zero-order valence-electron chi connectivity index (χ0n) is 6.37. The molecular formula is C5H14N2O2S. The predicted octanol–water partition coefficient (Wildman–Crippen LogP) is -0.773. The highest BCUT2D eigenvalue weighted by Crippen LogP contribution is 1.92. The smallest absolute Gasteiger partial charge is 0.210 e. The van der Waals surface area contributed by atoms with Crippen molar-refractivity contribution in [3.8, 4) is 0 Å². The molecule has 0 radical (unpaired) electrons. The Morgan fingerprint density at radius 3 is 2.30 bits per heavy atom. The first-order valence-electron chi connectivity index (χ1n) is 3.10. The molecule has 0 aliphatic heterocycles. The minimum Gasteiger partial charge on any atom is -0.330 e. The zero-order valence-corrected chi connectivity index (χ0v) is 7.19. The van der Waals surface area contributed by atoms with Gasteiger partial charge < -0.3 is 5.73 Å². The molecule has 5 heteroatoms. The van der Waals surface area contributed by atoms with Gasteiger partial charge in [-0.1, -0.05) is 0 Å². The van der Waals surface area contributed by atoms with Crippen molar-refractivity contribution in [1.29, 1.82) is 0 Å². The van der Waals surface area contributed by atoms with E-state index in [0.717, 1.165) is 0 Å². The molecule has 62 valence electrons. The van der Waals surface area contributed by atoms with E-state index in [2.05, 4.69) is 0 Å². The summed E-state index contributed by atoms with van der Waals surface area (Å²) in [6.45, 7) is 1.04. The zero-order chi connectivity index (χ0) is 8.20. The lowest BCUT2D eigenvalue weighted by atomic mass is 10.4. The Balaban J connectivity index is 3.75. The van der Waals surface area contributed by atoms with Gasteiger partial charge in [0.1, 0.15) is 0 Å². The lowest BCUT2D eigenvalue weighted by molar-refractivity contribution is 0.469. The maximum absolute atomic E-state index is 10.7. The van der Waals surface area contributed by atoms with Crippen LogP contribution in [0.25, 0.3) is 0 Å². The fraction of sp³-hybridized carbons (Fsp3) is 1.00. The maximum Gasteiger partial charge on any atom is 0.210 e. The fourth-order valence-electron chi connectivity index (χ4n) is 0.480. The summed E-state index contributed by atoms with van der Waals surface area (Å²) >= 11 is 0. The Morgan fingerprint density at radius 2 is 2.00 bits per heavy atom. The van der Waals surface area contributed by atoms with Gasteiger partial charge in [-0.2, -0.15) is 0 Å². The highest BCUT2D eigenvalue weighted by Gasteiger charge is 2.08. The molecule has 0 saturated heterocycles. The molecule has 0 aromatic carbocycles. The Hall–Kier alpha value is -0.130. The molecule has 10 heavy (non-hydrogen) atoms. The van der Waals surface area contributed by atoms with E-state index in [1.807, 2.05) is 0 Å². The highest BCUT2D eigenvalue weighted by atomic mass is 32.2. The Kier molecular flexibility index (Phi) is 3.85. The monoisotopic (exact) mass is 166 g/mol. The van der Waals surface area contributed by atoms with Crippen molar-refractivity contribution in [2.75, 3.05) is 26.4 Å². The van der Waals surface area contributed by atoms with Gasteiger partial charge in [0.2, 0.25) is 10.0 Å². The largest absolute Gasteiger partial charge is 0.330 e. The topological polar surface area (TPSA) is 63.4 Å². The number of hydrogen-bond donors (Lipinski definition) is 1. The van der Waals surface area contributed by atoms with E-state index in [-0.39, 0.29) is 0 Å². The molecule has 0 heterocycles. The van der Waals surface area contributed by atoms with E-state index in [1.165, 1.54) is 10.6 Å².